The lowest BCUT2D eigenvalue weighted by Crippen LogP contribution is -1.93. The van der Waals surface area contributed by atoms with Crippen molar-refractivity contribution in [3.63, 3.8) is 0 Å². The van der Waals surface area contributed by atoms with Crippen LogP contribution in [0, 0.1) is 0 Å². The van der Waals surface area contributed by atoms with Gasteiger partial charge < -0.3 is 5.11 Å². The Labute approximate surface area is 125 Å². The van der Waals surface area contributed by atoms with Crippen LogP contribution in [0.25, 0.3) is 0 Å². The molecule has 0 unspecified atom stereocenters. The molecule has 0 aromatic heterocycles. The van der Waals surface area contributed by atoms with Crippen LogP contribution in [0.1, 0.15) is 84.0 Å². The Morgan fingerprint density at radius 1 is 0.800 bits per heavy atom. The summed E-state index contributed by atoms with van der Waals surface area (Å²) in [4.78, 5) is 10.3. The van der Waals surface area contributed by atoms with Crippen LogP contribution in [0.4, 0.5) is 0 Å². The molecule has 0 radical (unpaired) electrons. The highest BCUT2D eigenvalue weighted by molar-refractivity contribution is 5.66. The first-order valence-electron chi connectivity index (χ1n) is 8.29. The van der Waals surface area contributed by atoms with Crippen molar-refractivity contribution >= 4 is 5.97 Å². The van der Waals surface area contributed by atoms with Crippen molar-refractivity contribution in [2.75, 3.05) is 0 Å². The Morgan fingerprint density at radius 2 is 1.35 bits per heavy atom. The summed E-state index contributed by atoms with van der Waals surface area (Å²) in [5.41, 5.74) is 0. The van der Waals surface area contributed by atoms with Crippen LogP contribution < -0.4 is 0 Å². The van der Waals surface area contributed by atoms with Crippen LogP contribution in [-0.2, 0) is 4.79 Å². The largest absolute Gasteiger partial charge is 0.481 e. The lowest BCUT2D eigenvalue weighted by Gasteiger charge is -1.96. The van der Waals surface area contributed by atoms with Gasteiger partial charge in [-0.1, -0.05) is 63.3 Å². The van der Waals surface area contributed by atoms with Crippen LogP contribution in [0.15, 0.2) is 24.3 Å². The van der Waals surface area contributed by atoms with Crippen LogP contribution in [0.5, 0.6) is 0 Å². The molecule has 0 aromatic carbocycles. The second-order valence-electron chi connectivity index (χ2n) is 5.37. The Kier molecular flexibility index (Phi) is 15.2. The number of allylic oxidation sites excluding steroid dienone is 4. The van der Waals surface area contributed by atoms with E-state index in [4.69, 9.17) is 5.11 Å². The first-order chi connectivity index (χ1) is 9.77. The zero-order valence-corrected chi connectivity index (χ0v) is 13.2. The highest BCUT2D eigenvalue weighted by Crippen LogP contribution is 2.06. The third kappa shape index (κ3) is 16.9. The molecule has 0 saturated heterocycles. The van der Waals surface area contributed by atoms with E-state index in [-0.39, 0.29) is 0 Å². The van der Waals surface area contributed by atoms with E-state index >= 15 is 0 Å². The van der Waals surface area contributed by atoms with Crippen molar-refractivity contribution in [1.82, 2.24) is 0 Å². The third-order valence-electron chi connectivity index (χ3n) is 3.34. The molecule has 0 atom stereocenters. The average molecular weight is 280 g/mol. The van der Waals surface area contributed by atoms with Crippen molar-refractivity contribution in [3.8, 4) is 0 Å². The molecule has 0 aliphatic carbocycles. The number of aliphatic carboxylic acids is 1. The molecule has 0 fully saturated rings. The van der Waals surface area contributed by atoms with Crippen LogP contribution in [-0.4, -0.2) is 11.1 Å². The van der Waals surface area contributed by atoms with E-state index in [1.54, 1.807) is 0 Å². The molecule has 0 saturated carbocycles. The van der Waals surface area contributed by atoms with Gasteiger partial charge in [0.25, 0.3) is 0 Å². The molecule has 0 heterocycles. The molecule has 0 aliphatic rings. The average Bonchev–Trinajstić information content (AvgIpc) is 2.43. The number of carboxylic acid groups (broad SMARTS) is 1. The first-order valence-corrected chi connectivity index (χ1v) is 8.29. The van der Waals surface area contributed by atoms with E-state index in [0.29, 0.717) is 6.42 Å². The molecule has 2 heteroatoms. The van der Waals surface area contributed by atoms with Crippen LogP contribution in [0.2, 0.25) is 0 Å². The molecule has 2 nitrogen and oxygen atoms in total. The van der Waals surface area contributed by atoms with Gasteiger partial charge in [-0.2, -0.15) is 0 Å². The Balaban J connectivity index is 3.19. The number of carbonyl (C=O) groups is 1. The second kappa shape index (κ2) is 16.0. The zero-order chi connectivity index (χ0) is 14.9. The fourth-order valence-corrected chi connectivity index (χ4v) is 2.09. The second-order valence-corrected chi connectivity index (χ2v) is 5.37. The van der Waals surface area contributed by atoms with Gasteiger partial charge in [0.1, 0.15) is 0 Å². The van der Waals surface area contributed by atoms with Crippen molar-refractivity contribution in [2.24, 2.45) is 0 Å². The Bertz CT molecular complexity index is 267. The minimum atomic E-state index is -0.675. The molecule has 20 heavy (non-hydrogen) atoms. The van der Waals surface area contributed by atoms with Gasteiger partial charge in [0.15, 0.2) is 0 Å². The molecule has 116 valence electrons. The fraction of sp³-hybridized carbons (Fsp3) is 0.722. The van der Waals surface area contributed by atoms with Gasteiger partial charge in [0.2, 0.25) is 0 Å². The minimum absolute atomic E-state index is 0.318. The summed E-state index contributed by atoms with van der Waals surface area (Å²) in [5, 5.41) is 8.50. The molecule has 0 aliphatic heterocycles. The first kappa shape index (κ1) is 18.9. The normalized spacial score (nSPS) is 11.7. The highest BCUT2D eigenvalue weighted by atomic mass is 16.4. The summed E-state index contributed by atoms with van der Waals surface area (Å²) >= 11 is 0. The fourth-order valence-electron chi connectivity index (χ4n) is 2.09. The minimum Gasteiger partial charge on any atom is -0.481 e. The van der Waals surface area contributed by atoms with Gasteiger partial charge in [-0.05, 0) is 38.5 Å². The SMILES string of the molecule is CCCCCC/C=C\C/C=C\CCCCCCC(=O)O. The molecule has 0 rings (SSSR count). The number of carboxylic acids is 1. The summed E-state index contributed by atoms with van der Waals surface area (Å²) < 4.78 is 0. The van der Waals surface area contributed by atoms with Crippen molar-refractivity contribution in [1.29, 1.82) is 0 Å². The smallest absolute Gasteiger partial charge is 0.303 e. The van der Waals surface area contributed by atoms with Gasteiger partial charge in [-0.15, -0.1) is 0 Å². The number of hydrogen-bond donors (Lipinski definition) is 1. The topological polar surface area (TPSA) is 37.3 Å². The number of rotatable bonds is 14. The molecular formula is C18H32O2. The summed E-state index contributed by atoms with van der Waals surface area (Å²) in [6.45, 7) is 2.24. The lowest BCUT2D eigenvalue weighted by atomic mass is 10.1. The maximum absolute atomic E-state index is 10.3. The van der Waals surface area contributed by atoms with Gasteiger partial charge >= 0.3 is 5.97 Å². The number of unbranched alkanes of at least 4 members (excludes halogenated alkanes) is 8. The van der Waals surface area contributed by atoms with E-state index < -0.39 is 5.97 Å². The van der Waals surface area contributed by atoms with Crippen LogP contribution >= 0.6 is 0 Å². The maximum atomic E-state index is 10.3. The summed E-state index contributed by atoms with van der Waals surface area (Å²) in [6, 6.07) is 0. The van der Waals surface area contributed by atoms with E-state index in [1.165, 1.54) is 38.5 Å². The zero-order valence-electron chi connectivity index (χ0n) is 13.2. The van der Waals surface area contributed by atoms with Gasteiger partial charge in [0.05, 0.1) is 0 Å². The maximum Gasteiger partial charge on any atom is 0.303 e. The van der Waals surface area contributed by atoms with Gasteiger partial charge in [0, 0.05) is 6.42 Å². The molecule has 0 spiro atoms. The van der Waals surface area contributed by atoms with E-state index in [9.17, 15) is 4.79 Å². The third-order valence-corrected chi connectivity index (χ3v) is 3.34. The van der Waals surface area contributed by atoms with Gasteiger partial charge in [-0.25, -0.2) is 0 Å². The van der Waals surface area contributed by atoms with E-state index in [0.717, 1.165) is 32.1 Å². The quantitative estimate of drug-likeness (QED) is 0.318. The standard InChI is InChI=1S/C18H32O2/c1-2-3-4-5-6-7-8-9-10-11-12-13-14-15-16-17-18(19)20/h7-8,10-11H,2-6,9,12-17H2,1H3,(H,19,20)/b8-7-,11-10-. The van der Waals surface area contributed by atoms with Crippen LogP contribution in [0.3, 0.4) is 0 Å². The predicted octanol–water partition coefficient (Wildman–Crippen LogP) is 5.88. The monoisotopic (exact) mass is 280 g/mol. The van der Waals surface area contributed by atoms with Gasteiger partial charge in [-0.3, -0.25) is 4.79 Å². The van der Waals surface area contributed by atoms with E-state index in [1.807, 2.05) is 0 Å². The Hall–Kier alpha value is -1.05. The summed E-state index contributed by atoms with van der Waals surface area (Å²) in [5.74, 6) is -0.675. The Morgan fingerprint density at radius 3 is 1.90 bits per heavy atom. The van der Waals surface area contributed by atoms with Crippen molar-refractivity contribution < 1.29 is 9.90 Å². The predicted molar refractivity (Wildman–Crippen MR) is 87.0 cm³/mol. The molecule has 0 amide bonds. The lowest BCUT2D eigenvalue weighted by molar-refractivity contribution is -0.137. The van der Waals surface area contributed by atoms with Crippen molar-refractivity contribution in [2.45, 2.75) is 84.0 Å². The highest BCUT2D eigenvalue weighted by Gasteiger charge is 1.95. The number of hydrogen-bond acceptors (Lipinski definition) is 1. The molecule has 0 bridgehead atoms. The summed E-state index contributed by atoms with van der Waals surface area (Å²) in [7, 11) is 0. The summed E-state index contributed by atoms with van der Waals surface area (Å²) in [6.07, 6.45) is 22.3. The molecule has 0 aromatic rings. The van der Waals surface area contributed by atoms with E-state index in [2.05, 4.69) is 31.2 Å². The van der Waals surface area contributed by atoms with Crippen molar-refractivity contribution in [3.05, 3.63) is 24.3 Å². The molecular weight excluding hydrogens is 248 g/mol. The molecule has 1 N–H and O–H groups in total.